The molecule has 108 valence electrons. The molecule has 0 unspecified atom stereocenters. The summed E-state index contributed by atoms with van der Waals surface area (Å²) in [7, 11) is 0. The van der Waals surface area contributed by atoms with E-state index in [1.54, 1.807) is 28.0 Å². The van der Waals surface area contributed by atoms with Gasteiger partial charge in [-0.3, -0.25) is 14.4 Å². The summed E-state index contributed by atoms with van der Waals surface area (Å²) < 4.78 is 0. The van der Waals surface area contributed by atoms with E-state index < -0.39 is 11.5 Å². The minimum Gasteiger partial charge on any atom is -0.503 e. The fourth-order valence-electron chi connectivity index (χ4n) is 2.69. The summed E-state index contributed by atoms with van der Waals surface area (Å²) in [6.45, 7) is 1.76. The van der Waals surface area contributed by atoms with Crippen molar-refractivity contribution in [3.8, 4) is 0 Å². The van der Waals surface area contributed by atoms with E-state index in [1.807, 2.05) is 0 Å². The van der Waals surface area contributed by atoms with E-state index >= 15 is 0 Å². The quantitative estimate of drug-likeness (QED) is 0.806. The molecule has 1 aliphatic heterocycles. The number of aliphatic hydroxyl groups is 1. The van der Waals surface area contributed by atoms with E-state index in [2.05, 4.69) is 0 Å². The normalized spacial score (nSPS) is 18.9. The van der Waals surface area contributed by atoms with Crippen LogP contribution in [-0.2, 0) is 4.79 Å². The van der Waals surface area contributed by atoms with Gasteiger partial charge in [-0.05, 0) is 0 Å². The second-order valence-corrected chi connectivity index (χ2v) is 5.03. The van der Waals surface area contributed by atoms with Gasteiger partial charge >= 0.3 is 0 Å². The average Bonchev–Trinajstić information content (AvgIpc) is 2.53. The molecule has 0 aromatic heterocycles. The first-order valence-electron chi connectivity index (χ1n) is 6.69. The van der Waals surface area contributed by atoms with Crippen LogP contribution in [0.2, 0.25) is 0 Å². The number of allylic oxidation sites excluding steroid dienone is 2. The molecule has 1 aromatic carbocycles. The molecule has 1 heterocycles. The van der Waals surface area contributed by atoms with Gasteiger partial charge in [0, 0.05) is 37.3 Å². The summed E-state index contributed by atoms with van der Waals surface area (Å²) in [4.78, 5) is 38.7. The molecule has 1 aromatic rings. The highest BCUT2D eigenvalue weighted by Crippen LogP contribution is 2.27. The number of aliphatic hydroxyl groups excluding tert-OH is 1. The zero-order valence-corrected chi connectivity index (χ0v) is 11.3. The Morgan fingerprint density at radius 1 is 0.952 bits per heavy atom. The monoisotopic (exact) mass is 286 g/mol. The van der Waals surface area contributed by atoms with Gasteiger partial charge in [0.1, 0.15) is 5.70 Å². The molecular weight excluding hydrogens is 272 g/mol. The third-order valence-electron chi connectivity index (χ3n) is 3.85. The molecule has 2 aliphatic rings. The van der Waals surface area contributed by atoms with Gasteiger partial charge in [0.25, 0.3) is 0 Å². The van der Waals surface area contributed by atoms with E-state index in [-0.39, 0.29) is 17.0 Å². The topological polar surface area (TPSA) is 77.9 Å². The Bertz CT molecular complexity index is 657. The Balaban J connectivity index is 1.96. The number of hydrogen-bond donors (Lipinski definition) is 1. The molecule has 0 spiro atoms. The first kappa shape index (κ1) is 13.4. The van der Waals surface area contributed by atoms with Crippen molar-refractivity contribution in [2.75, 3.05) is 26.2 Å². The number of rotatable bonds is 2. The largest absolute Gasteiger partial charge is 0.503 e. The third-order valence-corrected chi connectivity index (χ3v) is 3.85. The highest BCUT2D eigenvalue weighted by Gasteiger charge is 2.35. The molecule has 1 amide bonds. The SMILES string of the molecule is O=CN1CCN(C2=C(O)C(=O)c3ccccc3C2=O)CC1. The predicted molar refractivity (Wildman–Crippen MR) is 74.0 cm³/mol. The predicted octanol–water partition coefficient (Wildman–Crippen LogP) is 0.609. The van der Waals surface area contributed by atoms with Gasteiger partial charge in [0.2, 0.25) is 18.0 Å². The van der Waals surface area contributed by atoms with E-state index in [1.165, 1.54) is 6.07 Å². The van der Waals surface area contributed by atoms with Gasteiger partial charge in [-0.1, -0.05) is 24.3 Å². The van der Waals surface area contributed by atoms with Gasteiger partial charge in [-0.15, -0.1) is 0 Å². The van der Waals surface area contributed by atoms with E-state index in [0.717, 1.165) is 6.41 Å². The molecule has 6 heteroatoms. The lowest BCUT2D eigenvalue weighted by molar-refractivity contribution is -0.119. The summed E-state index contributed by atoms with van der Waals surface area (Å²) in [6.07, 6.45) is 0.759. The van der Waals surface area contributed by atoms with Crippen LogP contribution < -0.4 is 0 Å². The lowest BCUT2D eigenvalue weighted by Gasteiger charge is -2.36. The van der Waals surface area contributed by atoms with Crippen LogP contribution in [0.25, 0.3) is 0 Å². The van der Waals surface area contributed by atoms with Crippen molar-refractivity contribution >= 4 is 18.0 Å². The second kappa shape index (κ2) is 5.05. The summed E-state index contributed by atoms with van der Waals surface area (Å²) in [5, 5.41) is 10.1. The number of ketones is 2. The van der Waals surface area contributed by atoms with Crippen LogP contribution in [0.15, 0.2) is 35.7 Å². The van der Waals surface area contributed by atoms with Crippen molar-refractivity contribution in [1.29, 1.82) is 0 Å². The summed E-state index contributed by atoms with van der Waals surface area (Å²) in [5.74, 6) is -1.38. The Morgan fingerprint density at radius 2 is 1.52 bits per heavy atom. The highest BCUT2D eigenvalue weighted by molar-refractivity contribution is 6.25. The van der Waals surface area contributed by atoms with Crippen LogP contribution in [0, 0.1) is 0 Å². The van der Waals surface area contributed by atoms with Crippen LogP contribution in [0.4, 0.5) is 0 Å². The molecule has 21 heavy (non-hydrogen) atoms. The van der Waals surface area contributed by atoms with Crippen molar-refractivity contribution in [3.05, 3.63) is 46.8 Å². The maximum atomic E-state index is 12.5. The molecule has 3 rings (SSSR count). The number of fused-ring (bicyclic) bond motifs is 1. The van der Waals surface area contributed by atoms with Crippen LogP contribution >= 0.6 is 0 Å². The van der Waals surface area contributed by atoms with E-state index in [9.17, 15) is 19.5 Å². The molecule has 1 aliphatic carbocycles. The lowest BCUT2D eigenvalue weighted by atomic mass is 9.90. The number of hydrogen-bond acceptors (Lipinski definition) is 5. The third kappa shape index (κ3) is 2.08. The fraction of sp³-hybridized carbons (Fsp3) is 0.267. The zero-order chi connectivity index (χ0) is 15.0. The minimum atomic E-state index is -0.530. The van der Waals surface area contributed by atoms with Gasteiger partial charge in [-0.25, -0.2) is 0 Å². The first-order chi connectivity index (χ1) is 10.1. The van der Waals surface area contributed by atoms with Crippen molar-refractivity contribution in [1.82, 2.24) is 9.80 Å². The van der Waals surface area contributed by atoms with Crippen molar-refractivity contribution in [2.24, 2.45) is 0 Å². The Hall–Kier alpha value is -2.63. The van der Waals surface area contributed by atoms with Gasteiger partial charge in [0.05, 0.1) is 0 Å². The number of nitrogens with zero attached hydrogens (tertiary/aromatic N) is 2. The summed E-state index contributed by atoms with van der Waals surface area (Å²) in [5.41, 5.74) is 0.590. The van der Waals surface area contributed by atoms with Gasteiger partial charge < -0.3 is 14.9 Å². The Kier molecular flexibility index (Phi) is 3.21. The number of carbonyl (C=O) groups is 3. The van der Waals surface area contributed by atoms with Crippen LogP contribution in [0.1, 0.15) is 20.7 Å². The smallest absolute Gasteiger partial charge is 0.230 e. The summed E-state index contributed by atoms with van der Waals surface area (Å²) in [6, 6.07) is 6.47. The number of carbonyl (C=O) groups excluding carboxylic acids is 3. The molecule has 1 N–H and O–H groups in total. The highest BCUT2D eigenvalue weighted by atomic mass is 16.3. The minimum absolute atomic E-state index is 0.0456. The lowest BCUT2D eigenvalue weighted by Crippen LogP contribution is -2.47. The standard InChI is InChI=1S/C15H14N2O4/c18-9-16-5-7-17(8-6-16)12-13(19)10-3-1-2-4-11(10)14(20)15(12)21/h1-4,9,21H,5-8H2. The van der Waals surface area contributed by atoms with Gasteiger partial charge in [-0.2, -0.15) is 0 Å². The Labute approximate surface area is 121 Å². The molecule has 0 radical (unpaired) electrons. The number of benzene rings is 1. The van der Waals surface area contributed by atoms with Crippen molar-refractivity contribution < 1.29 is 19.5 Å². The maximum Gasteiger partial charge on any atom is 0.230 e. The second-order valence-electron chi connectivity index (χ2n) is 5.03. The molecule has 0 atom stereocenters. The van der Waals surface area contributed by atoms with Crippen LogP contribution in [-0.4, -0.2) is 59.1 Å². The molecule has 0 bridgehead atoms. The fourth-order valence-corrected chi connectivity index (χ4v) is 2.69. The number of Topliss-reactive ketones (excluding diaryl/α,β-unsaturated/α-hetero) is 2. The average molecular weight is 286 g/mol. The number of amides is 1. The van der Waals surface area contributed by atoms with Gasteiger partial charge in [0.15, 0.2) is 5.76 Å². The number of piperazine rings is 1. The van der Waals surface area contributed by atoms with Crippen LogP contribution in [0.3, 0.4) is 0 Å². The van der Waals surface area contributed by atoms with E-state index in [4.69, 9.17) is 0 Å². The Morgan fingerprint density at radius 3 is 2.10 bits per heavy atom. The van der Waals surface area contributed by atoms with Crippen molar-refractivity contribution in [3.63, 3.8) is 0 Å². The molecule has 6 nitrogen and oxygen atoms in total. The molecular formula is C15H14N2O4. The van der Waals surface area contributed by atoms with Crippen molar-refractivity contribution in [2.45, 2.75) is 0 Å². The van der Waals surface area contributed by atoms with E-state index in [0.29, 0.717) is 31.7 Å². The maximum absolute atomic E-state index is 12.5. The molecule has 0 saturated carbocycles. The molecule has 1 fully saturated rings. The summed E-state index contributed by atoms with van der Waals surface area (Å²) >= 11 is 0. The van der Waals surface area contributed by atoms with Crippen LogP contribution in [0.5, 0.6) is 0 Å². The first-order valence-corrected chi connectivity index (χ1v) is 6.69. The zero-order valence-electron chi connectivity index (χ0n) is 11.3. The molecule has 1 saturated heterocycles.